The van der Waals surface area contributed by atoms with Crippen LogP contribution in [-0.2, 0) is 6.42 Å². The van der Waals surface area contributed by atoms with Crippen molar-refractivity contribution in [3.8, 4) is 0 Å². The van der Waals surface area contributed by atoms with Crippen LogP contribution >= 0.6 is 23.2 Å². The highest BCUT2D eigenvalue weighted by Gasteiger charge is 2.14. The SMILES string of the molecule is NC(=NCCCc1cnc[nH]1)NCCC(c1ccc(Cl)cc1)c1cccc(Cl)c1. The minimum absolute atomic E-state index is 0.187. The van der Waals surface area contributed by atoms with Gasteiger partial charge in [-0.3, -0.25) is 4.99 Å². The summed E-state index contributed by atoms with van der Waals surface area (Å²) in [6.07, 6.45) is 6.20. The number of aromatic nitrogens is 2. The van der Waals surface area contributed by atoms with Gasteiger partial charge in [0.05, 0.1) is 6.33 Å². The van der Waals surface area contributed by atoms with E-state index < -0.39 is 0 Å². The molecule has 3 rings (SSSR count). The fourth-order valence-electron chi connectivity index (χ4n) is 3.24. The molecule has 0 saturated carbocycles. The molecule has 1 heterocycles. The quantitative estimate of drug-likeness (QED) is 0.260. The third kappa shape index (κ3) is 6.80. The second kappa shape index (κ2) is 10.9. The third-order valence-electron chi connectivity index (χ3n) is 4.70. The number of halogens is 2. The van der Waals surface area contributed by atoms with E-state index in [9.17, 15) is 0 Å². The number of aromatic amines is 1. The lowest BCUT2D eigenvalue weighted by atomic mass is 9.88. The van der Waals surface area contributed by atoms with Gasteiger partial charge in [0.15, 0.2) is 5.96 Å². The fourth-order valence-corrected chi connectivity index (χ4v) is 3.56. The molecule has 0 spiro atoms. The largest absolute Gasteiger partial charge is 0.370 e. The number of nitrogens with one attached hydrogen (secondary N) is 2. The summed E-state index contributed by atoms with van der Waals surface area (Å²) in [5.74, 6) is 0.655. The zero-order valence-corrected chi connectivity index (χ0v) is 17.6. The summed E-state index contributed by atoms with van der Waals surface area (Å²) in [5.41, 5.74) is 9.48. The van der Waals surface area contributed by atoms with Crippen LogP contribution in [0.25, 0.3) is 0 Å². The number of guanidine groups is 1. The molecule has 5 nitrogen and oxygen atoms in total. The van der Waals surface area contributed by atoms with Gasteiger partial charge in [-0.25, -0.2) is 4.98 Å². The summed E-state index contributed by atoms with van der Waals surface area (Å²) >= 11 is 12.3. The van der Waals surface area contributed by atoms with E-state index in [1.54, 1.807) is 6.33 Å². The molecule has 0 amide bonds. The smallest absolute Gasteiger partial charge is 0.188 e. The van der Waals surface area contributed by atoms with E-state index >= 15 is 0 Å². The van der Waals surface area contributed by atoms with Gasteiger partial charge in [-0.15, -0.1) is 0 Å². The minimum Gasteiger partial charge on any atom is -0.370 e. The van der Waals surface area contributed by atoms with Crippen LogP contribution in [0.15, 0.2) is 66.0 Å². The van der Waals surface area contributed by atoms with E-state index in [4.69, 9.17) is 28.9 Å². The van der Waals surface area contributed by atoms with Crippen molar-refractivity contribution in [3.05, 3.63) is 87.9 Å². The Balaban J connectivity index is 1.55. The molecule has 4 N–H and O–H groups in total. The van der Waals surface area contributed by atoms with E-state index in [0.29, 0.717) is 19.0 Å². The number of imidazole rings is 1. The number of nitrogens with zero attached hydrogens (tertiary/aromatic N) is 2. The molecule has 1 aromatic heterocycles. The molecule has 152 valence electrons. The lowest BCUT2D eigenvalue weighted by molar-refractivity contribution is 0.687. The maximum atomic E-state index is 6.21. The average Bonchev–Trinajstić information content (AvgIpc) is 3.23. The molecule has 0 saturated heterocycles. The van der Waals surface area contributed by atoms with Crippen molar-refractivity contribution < 1.29 is 0 Å². The lowest BCUT2D eigenvalue weighted by Crippen LogP contribution is -2.33. The van der Waals surface area contributed by atoms with Gasteiger partial charge < -0.3 is 16.0 Å². The van der Waals surface area contributed by atoms with Crippen molar-refractivity contribution in [2.45, 2.75) is 25.2 Å². The van der Waals surface area contributed by atoms with Crippen LogP contribution in [0.3, 0.4) is 0 Å². The molecule has 2 aromatic carbocycles. The Morgan fingerprint density at radius 2 is 1.93 bits per heavy atom. The molecule has 29 heavy (non-hydrogen) atoms. The molecule has 7 heteroatoms. The minimum atomic E-state index is 0.187. The topological polar surface area (TPSA) is 79.1 Å². The Kier molecular flexibility index (Phi) is 7.96. The Morgan fingerprint density at radius 3 is 2.66 bits per heavy atom. The number of rotatable bonds is 9. The molecule has 1 atom stereocenters. The standard InChI is InChI=1S/C22H25Cl2N5/c23-18-8-6-16(7-9-18)21(17-3-1-4-19(24)13-17)10-12-28-22(25)27-11-2-5-20-14-26-15-29-20/h1,3-4,6-9,13-15,21H,2,5,10-12H2,(H,26,29)(H3,25,27,28). The Labute approximate surface area is 181 Å². The maximum Gasteiger partial charge on any atom is 0.188 e. The van der Waals surface area contributed by atoms with E-state index in [0.717, 1.165) is 40.6 Å². The number of benzene rings is 2. The second-order valence-corrected chi connectivity index (χ2v) is 7.69. The fraction of sp³-hybridized carbons (Fsp3) is 0.273. The number of hydrogen-bond acceptors (Lipinski definition) is 2. The first-order chi connectivity index (χ1) is 14.1. The van der Waals surface area contributed by atoms with Crippen LogP contribution in [-0.4, -0.2) is 29.0 Å². The van der Waals surface area contributed by atoms with Gasteiger partial charge in [0.25, 0.3) is 0 Å². The summed E-state index contributed by atoms with van der Waals surface area (Å²) in [6.45, 7) is 1.38. The van der Waals surface area contributed by atoms with Crippen molar-refractivity contribution in [1.29, 1.82) is 0 Å². The van der Waals surface area contributed by atoms with Crippen molar-refractivity contribution in [3.63, 3.8) is 0 Å². The Morgan fingerprint density at radius 1 is 1.10 bits per heavy atom. The monoisotopic (exact) mass is 429 g/mol. The summed E-state index contributed by atoms with van der Waals surface area (Å²) in [5, 5.41) is 4.68. The summed E-state index contributed by atoms with van der Waals surface area (Å²) in [4.78, 5) is 11.5. The first kappa shape index (κ1) is 21.2. The van der Waals surface area contributed by atoms with Gasteiger partial charge in [0.1, 0.15) is 0 Å². The van der Waals surface area contributed by atoms with Crippen molar-refractivity contribution in [1.82, 2.24) is 15.3 Å². The summed E-state index contributed by atoms with van der Waals surface area (Å²) in [6, 6.07) is 15.9. The Bertz CT molecular complexity index is 907. The molecular formula is C22H25Cl2N5. The van der Waals surface area contributed by atoms with Crippen molar-refractivity contribution >= 4 is 29.2 Å². The van der Waals surface area contributed by atoms with Crippen molar-refractivity contribution in [2.24, 2.45) is 10.7 Å². The van der Waals surface area contributed by atoms with Gasteiger partial charge >= 0.3 is 0 Å². The molecule has 0 bridgehead atoms. The summed E-state index contributed by atoms with van der Waals surface area (Å²) in [7, 11) is 0. The molecule has 0 fully saturated rings. The van der Waals surface area contributed by atoms with Crippen LogP contribution in [0.1, 0.15) is 35.6 Å². The zero-order chi connectivity index (χ0) is 20.5. The molecule has 0 aliphatic rings. The predicted octanol–water partition coefficient (Wildman–Crippen LogP) is 4.78. The highest BCUT2D eigenvalue weighted by Crippen LogP contribution is 2.30. The number of aliphatic imine (C=N–C) groups is 1. The van der Waals surface area contributed by atoms with E-state index in [2.05, 4.69) is 38.5 Å². The third-order valence-corrected chi connectivity index (χ3v) is 5.19. The van der Waals surface area contributed by atoms with E-state index in [1.807, 2.05) is 36.5 Å². The number of aryl methyl sites for hydroxylation is 1. The average molecular weight is 430 g/mol. The van der Waals surface area contributed by atoms with Crippen molar-refractivity contribution in [2.75, 3.05) is 13.1 Å². The van der Waals surface area contributed by atoms with Crippen LogP contribution in [0, 0.1) is 0 Å². The normalized spacial score (nSPS) is 12.7. The molecule has 0 aliphatic heterocycles. The first-order valence-corrected chi connectivity index (χ1v) is 10.4. The summed E-state index contributed by atoms with van der Waals surface area (Å²) < 4.78 is 0. The second-order valence-electron chi connectivity index (χ2n) is 6.82. The van der Waals surface area contributed by atoms with Crippen LogP contribution < -0.4 is 11.1 Å². The van der Waals surface area contributed by atoms with Crippen LogP contribution in [0.4, 0.5) is 0 Å². The molecule has 0 aliphatic carbocycles. The number of H-pyrrole nitrogens is 1. The molecule has 1 unspecified atom stereocenters. The predicted molar refractivity (Wildman–Crippen MR) is 121 cm³/mol. The van der Waals surface area contributed by atoms with Gasteiger partial charge in [0.2, 0.25) is 0 Å². The highest BCUT2D eigenvalue weighted by molar-refractivity contribution is 6.30. The molecule has 0 radical (unpaired) electrons. The van der Waals surface area contributed by atoms with Crippen LogP contribution in [0.2, 0.25) is 10.0 Å². The maximum absolute atomic E-state index is 6.21. The van der Waals surface area contributed by atoms with Crippen LogP contribution in [0.5, 0.6) is 0 Å². The molecular weight excluding hydrogens is 405 g/mol. The number of hydrogen-bond donors (Lipinski definition) is 3. The van der Waals surface area contributed by atoms with E-state index in [1.165, 1.54) is 5.56 Å². The van der Waals surface area contributed by atoms with Gasteiger partial charge in [-0.1, -0.05) is 47.5 Å². The number of nitrogens with two attached hydrogens (primary N) is 1. The van der Waals surface area contributed by atoms with Gasteiger partial charge in [0, 0.05) is 40.9 Å². The van der Waals surface area contributed by atoms with E-state index in [-0.39, 0.29) is 5.92 Å². The Hall–Kier alpha value is -2.50. The zero-order valence-electron chi connectivity index (χ0n) is 16.1. The van der Waals surface area contributed by atoms with Gasteiger partial charge in [-0.2, -0.15) is 0 Å². The molecule has 3 aromatic rings. The first-order valence-electron chi connectivity index (χ1n) is 9.64. The lowest BCUT2D eigenvalue weighted by Gasteiger charge is -2.19. The van der Waals surface area contributed by atoms with Gasteiger partial charge in [-0.05, 0) is 54.7 Å². The highest BCUT2D eigenvalue weighted by atomic mass is 35.5.